The van der Waals surface area contributed by atoms with Crippen LogP contribution in [0.2, 0.25) is 0 Å². The molecule has 17 heavy (non-hydrogen) atoms. The third-order valence-corrected chi connectivity index (χ3v) is 3.13. The van der Waals surface area contributed by atoms with Crippen molar-refractivity contribution in [2.24, 2.45) is 0 Å². The van der Waals surface area contributed by atoms with Crippen LogP contribution in [0.3, 0.4) is 0 Å². The second kappa shape index (κ2) is 4.67. The van der Waals surface area contributed by atoms with Crippen LogP contribution in [-0.4, -0.2) is 9.78 Å². The number of benzene rings is 1. The van der Waals surface area contributed by atoms with E-state index in [4.69, 9.17) is 5.73 Å². The number of nitrogen functional groups attached to an aromatic ring is 1. The molecule has 0 aliphatic rings. The van der Waals surface area contributed by atoms with E-state index in [9.17, 15) is 9.18 Å². The summed E-state index contributed by atoms with van der Waals surface area (Å²) in [6.07, 6.45) is 1.38. The topological polar surface area (TPSA) is 60.9 Å². The number of nitrogens with zero attached hydrogens (tertiary/aromatic N) is 2. The first kappa shape index (κ1) is 11.8. The van der Waals surface area contributed by atoms with Gasteiger partial charge in [0.2, 0.25) is 0 Å². The molecule has 1 aromatic heterocycles. The predicted molar refractivity (Wildman–Crippen MR) is 66.1 cm³/mol. The molecule has 6 heteroatoms. The Hall–Kier alpha value is -1.69. The molecular weight excluding hydrogens is 289 g/mol. The molecule has 0 saturated heterocycles. The molecule has 0 unspecified atom stereocenters. The van der Waals surface area contributed by atoms with Crippen LogP contribution >= 0.6 is 15.9 Å². The van der Waals surface area contributed by atoms with Crippen molar-refractivity contribution in [1.82, 2.24) is 9.78 Å². The second-order valence-electron chi connectivity index (χ2n) is 3.50. The summed E-state index contributed by atoms with van der Waals surface area (Å²) in [5.74, 6) is -0.369. The van der Waals surface area contributed by atoms with E-state index in [-0.39, 0.29) is 17.9 Å². The van der Waals surface area contributed by atoms with E-state index in [2.05, 4.69) is 21.0 Å². The number of hydrogen-bond donors (Lipinski definition) is 1. The highest BCUT2D eigenvalue weighted by atomic mass is 79.9. The minimum absolute atomic E-state index is 0.192. The predicted octanol–water partition coefficient (Wildman–Crippen LogP) is 1.78. The first-order valence-corrected chi connectivity index (χ1v) is 5.63. The molecule has 2 rings (SSSR count). The maximum atomic E-state index is 13.3. The van der Waals surface area contributed by atoms with Crippen molar-refractivity contribution < 1.29 is 4.39 Å². The van der Waals surface area contributed by atoms with Gasteiger partial charge in [-0.15, -0.1) is 0 Å². The van der Waals surface area contributed by atoms with Gasteiger partial charge in [-0.25, -0.2) is 9.07 Å². The monoisotopic (exact) mass is 297 g/mol. The van der Waals surface area contributed by atoms with Crippen molar-refractivity contribution in [3.05, 3.63) is 56.7 Å². The molecule has 2 aromatic rings. The fraction of sp³-hybridized carbons (Fsp3) is 0.0909. The Morgan fingerprint density at radius 2 is 2.24 bits per heavy atom. The zero-order chi connectivity index (χ0) is 12.4. The Kier molecular flexibility index (Phi) is 3.23. The number of nitrogens with two attached hydrogens (primary N) is 1. The van der Waals surface area contributed by atoms with Crippen LogP contribution in [0.1, 0.15) is 5.56 Å². The quantitative estimate of drug-likeness (QED) is 0.919. The third-order valence-electron chi connectivity index (χ3n) is 2.24. The highest BCUT2D eigenvalue weighted by Crippen LogP contribution is 2.20. The highest BCUT2D eigenvalue weighted by molar-refractivity contribution is 9.10. The van der Waals surface area contributed by atoms with E-state index in [0.717, 1.165) is 0 Å². The first-order valence-electron chi connectivity index (χ1n) is 4.83. The summed E-state index contributed by atoms with van der Waals surface area (Å²) in [7, 11) is 0. The van der Waals surface area contributed by atoms with E-state index in [1.807, 2.05) is 0 Å². The molecule has 0 saturated carbocycles. The third kappa shape index (κ3) is 2.52. The zero-order valence-electron chi connectivity index (χ0n) is 8.73. The van der Waals surface area contributed by atoms with Crippen molar-refractivity contribution in [3.8, 4) is 0 Å². The van der Waals surface area contributed by atoms with Crippen LogP contribution in [0, 0.1) is 5.82 Å². The maximum absolute atomic E-state index is 13.3. The first-order chi connectivity index (χ1) is 8.08. The Balaban J connectivity index is 2.38. The fourth-order valence-electron chi connectivity index (χ4n) is 1.40. The van der Waals surface area contributed by atoms with Gasteiger partial charge in [0.25, 0.3) is 5.56 Å². The van der Waals surface area contributed by atoms with Crippen LogP contribution in [-0.2, 0) is 6.54 Å². The molecule has 88 valence electrons. The molecule has 0 spiro atoms. The van der Waals surface area contributed by atoms with Crippen LogP contribution in [0.25, 0.3) is 0 Å². The van der Waals surface area contributed by atoms with Gasteiger partial charge in [-0.2, -0.15) is 5.10 Å². The molecule has 0 atom stereocenters. The number of aromatic nitrogens is 2. The van der Waals surface area contributed by atoms with E-state index < -0.39 is 0 Å². The van der Waals surface area contributed by atoms with Gasteiger partial charge in [-0.1, -0.05) is 12.1 Å². The lowest BCUT2D eigenvalue weighted by Gasteiger charge is -2.07. The zero-order valence-corrected chi connectivity index (χ0v) is 10.3. The van der Waals surface area contributed by atoms with Crippen molar-refractivity contribution in [1.29, 1.82) is 0 Å². The van der Waals surface area contributed by atoms with E-state index in [1.54, 1.807) is 12.1 Å². The van der Waals surface area contributed by atoms with Gasteiger partial charge in [0.15, 0.2) is 0 Å². The molecule has 4 nitrogen and oxygen atoms in total. The Bertz CT molecular complexity index is 612. The number of halogens is 2. The summed E-state index contributed by atoms with van der Waals surface area (Å²) in [5, 5.41) is 3.88. The molecule has 1 aromatic carbocycles. The summed E-state index contributed by atoms with van der Waals surface area (Å²) < 4.78 is 14.8. The number of hydrogen-bond acceptors (Lipinski definition) is 3. The fourth-order valence-corrected chi connectivity index (χ4v) is 1.79. The molecule has 0 radical (unpaired) electrons. The van der Waals surface area contributed by atoms with Gasteiger partial charge >= 0.3 is 0 Å². The number of rotatable bonds is 2. The van der Waals surface area contributed by atoms with E-state index >= 15 is 0 Å². The van der Waals surface area contributed by atoms with Crippen LogP contribution in [0.4, 0.5) is 10.1 Å². The molecule has 0 bridgehead atoms. The standard InChI is InChI=1S/C11H9BrFN3O/c12-11-7(2-1-3-9(11)13)6-16-10(17)4-8(14)5-15-16/h1-5H,6,14H2. The van der Waals surface area contributed by atoms with E-state index in [0.29, 0.717) is 15.7 Å². The number of anilines is 1. The summed E-state index contributed by atoms with van der Waals surface area (Å²) in [4.78, 5) is 11.6. The van der Waals surface area contributed by atoms with Crippen molar-refractivity contribution in [3.63, 3.8) is 0 Å². The molecule has 1 heterocycles. The Morgan fingerprint density at radius 1 is 1.47 bits per heavy atom. The van der Waals surface area contributed by atoms with Crippen molar-refractivity contribution >= 4 is 21.6 Å². The summed E-state index contributed by atoms with van der Waals surface area (Å²) >= 11 is 3.13. The van der Waals surface area contributed by atoms with Gasteiger partial charge in [-0.3, -0.25) is 4.79 Å². The Morgan fingerprint density at radius 3 is 2.94 bits per heavy atom. The van der Waals surface area contributed by atoms with Gasteiger partial charge < -0.3 is 5.73 Å². The Labute approximate surface area is 105 Å². The van der Waals surface area contributed by atoms with Gasteiger partial charge in [0.1, 0.15) is 5.82 Å². The smallest absolute Gasteiger partial charge is 0.269 e. The normalized spacial score (nSPS) is 10.5. The summed E-state index contributed by atoms with van der Waals surface area (Å²) in [6, 6.07) is 5.92. The SMILES string of the molecule is Nc1cnn(Cc2cccc(F)c2Br)c(=O)c1. The van der Waals surface area contributed by atoms with Crippen molar-refractivity contribution in [2.75, 3.05) is 5.73 Å². The minimum Gasteiger partial charge on any atom is -0.397 e. The molecule has 0 fully saturated rings. The molecule has 2 N–H and O–H groups in total. The lowest BCUT2D eigenvalue weighted by molar-refractivity contribution is 0.603. The van der Waals surface area contributed by atoms with Crippen LogP contribution in [0.15, 0.2) is 39.7 Å². The van der Waals surface area contributed by atoms with Crippen molar-refractivity contribution in [2.45, 2.75) is 6.54 Å². The summed E-state index contributed by atoms with van der Waals surface area (Å²) in [5.41, 5.74) is 6.06. The molecule has 0 aliphatic heterocycles. The average molecular weight is 298 g/mol. The van der Waals surface area contributed by atoms with Gasteiger partial charge in [0.05, 0.1) is 22.9 Å². The molecule has 0 aliphatic carbocycles. The second-order valence-corrected chi connectivity index (χ2v) is 4.29. The van der Waals surface area contributed by atoms with Crippen LogP contribution in [0.5, 0.6) is 0 Å². The van der Waals surface area contributed by atoms with E-state index in [1.165, 1.54) is 23.0 Å². The maximum Gasteiger partial charge on any atom is 0.269 e. The minimum atomic E-state index is -0.369. The lowest BCUT2D eigenvalue weighted by atomic mass is 10.2. The van der Waals surface area contributed by atoms with Gasteiger partial charge in [-0.05, 0) is 27.6 Å². The average Bonchev–Trinajstić information content (AvgIpc) is 2.28. The van der Waals surface area contributed by atoms with Gasteiger partial charge in [0, 0.05) is 6.07 Å². The molecular formula is C11H9BrFN3O. The summed E-state index contributed by atoms with van der Waals surface area (Å²) in [6.45, 7) is 0.192. The largest absolute Gasteiger partial charge is 0.397 e. The molecule has 0 amide bonds. The highest BCUT2D eigenvalue weighted by Gasteiger charge is 2.07. The lowest BCUT2D eigenvalue weighted by Crippen LogP contribution is -2.23. The van der Waals surface area contributed by atoms with Crippen LogP contribution < -0.4 is 11.3 Å².